The summed E-state index contributed by atoms with van der Waals surface area (Å²) in [5, 5.41) is 0. The Kier molecular flexibility index (Phi) is 6.64. The van der Waals surface area contributed by atoms with Crippen molar-refractivity contribution in [1.29, 1.82) is 0 Å². The molecule has 0 aromatic rings. The molecule has 150 valence electrons. The monoisotopic (exact) mass is 382 g/mol. The van der Waals surface area contributed by atoms with E-state index in [9.17, 15) is 14.4 Å². The van der Waals surface area contributed by atoms with Crippen LogP contribution in [0.4, 0.5) is 0 Å². The van der Waals surface area contributed by atoms with E-state index in [0.717, 1.165) is 0 Å². The van der Waals surface area contributed by atoms with Gasteiger partial charge in [-0.25, -0.2) is 0 Å². The molecular formula is C19H26O8. The standard InChI is InChI=1S/C19H26O8/c1-11(20)23-9-19(4,5)10-24-17-8-16-14(25-12(2)21)6-7-15(27-16)18(17)26-13(3)22/h6-8,14-16,18H,9-10H2,1-5H3/t14-,15-,16-,18-/m1/s1. The minimum Gasteiger partial charge on any atom is -0.493 e. The summed E-state index contributed by atoms with van der Waals surface area (Å²) in [4.78, 5) is 33.8. The molecule has 0 spiro atoms. The summed E-state index contributed by atoms with van der Waals surface area (Å²) in [5.41, 5.74) is -0.453. The summed E-state index contributed by atoms with van der Waals surface area (Å²) in [7, 11) is 0. The number of carbonyl (C=O) groups excluding carboxylic acids is 3. The van der Waals surface area contributed by atoms with E-state index in [0.29, 0.717) is 5.76 Å². The maximum Gasteiger partial charge on any atom is 0.303 e. The van der Waals surface area contributed by atoms with Gasteiger partial charge < -0.3 is 23.7 Å². The lowest BCUT2D eigenvalue weighted by atomic mass is 9.95. The Morgan fingerprint density at radius 1 is 0.963 bits per heavy atom. The van der Waals surface area contributed by atoms with Gasteiger partial charge in [-0.15, -0.1) is 0 Å². The number of esters is 3. The van der Waals surface area contributed by atoms with Crippen LogP contribution >= 0.6 is 0 Å². The second-order valence-corrected chi connectivity index (χ2v) is 7.36. The number of ether oxygens (including phenoxy) is 5. The van der Waals surface area contributed by atoms with Crippen molar-refractivity contribution in [3.8, 4) is 0 Å². The number of hydrogen-bond acceptors (Lipinski definition) is 8. The van der Waals surface area contributed by atoms with E-state index in [-0.39, 0.29) is 19.2 Å². The molecule has 0 fully saturated rings. The third-order valence-corrected chi connectivity index (χ3v) is 3.93. The maximum absolute atomic E-state index is 11.5. The van der Waals surface area contributed by atoms with E-state index in [4.69, 9.17) is 23.7 Å². The first-order chi connectivity index (χ1) is 12.6. The largest absolute Gasteiger partial charge is 0.493 e. The highest BCUT2D eigenvalue weighted by Crippen LogP contribution is 2.32. The molecule has 0 amide bonds. The van der Waals surface area contributed by atoms with Gasteiger partial charge in [-0.2, -0.15) is 0 Å². The summed E-state index contributed by atoms with van der Waals surface area (Å²) < 4.78 is 27.4. The topological polar surface area (TPSA) is 97.4 Å². The van der Waals surface area contributed by atoms with Gasteiger partial charge in [-0.1, -0.05) is 19.9 Å². The lowest BCUT2D eigenvalue weighted by Gasteiger charge is -2.39. The van der Waals surface area contributed by atoms with Gasteiger partial charge in [0.05, 0.1) is 13.2 Å². The van der Waals surface area contributed by atoms with Crippen molar-refractivity contribution < 1.29 is 38.1 Å². The van der Waals surface area contributed by atoms with Gasteiger partial charge in [0.15, 0.2) is 6.10 Å². The molecule has 27 heavy (non-hydrogen) atoms. The Balaban J connectivity index is 2.14. The Morgan fingerprint density at radius 3 is 2.22 bits per heavy atom. The molecule has 0 radical (unpaired) electrons. The number of rotatable bonds is 7. The van der Waals surface area contributed by atoms with Crippen LogP contribution in [-0.4, -0.2) is 55.5 Å². The number of fused-ring (bicyclic) bond motifs is 2. The van der Waals surface area contributed by atoms with Gasteiger partial charge in [0.1, 0.15) is 24.1 Å². The first-order valence-electron chi connectivity index (χ1n) is 8.73. The predicted octanol–water partition coefficient (Wildman–Crippen LogP) is 1.68. The molecule has 2 bridgehead atoms. The van der Waals surface area contributed by atoms with E-state index < -0.39 is 41.8 Å². The zero-order valence-electron chi connectivity index (χ0n) is 16.2. The van der Waals surface area contributed by atoms with Gasteiger partial charge in [0.25, 0.3) is 0 Å². The lowest BCUT2D eigenvalue weighted by Crippen LogP contribution is -2.48. The minimum atomic E-state index is -0.738. The van der Waals surface area contributed by atoms with E-state index in [1.54, 1.807) is 18.2 Å². The van der Waals surface area contributed by atoms with Crippen LogP contribution in [-0.2, 0) is 38.1 Å². The van der Waals surface area contributed by atoms with Crippen molar-refractivity contribution in [2.75, 3.05) is 13.2 Å². The number of hydrogen-bond donors (Lipinski definition) is 0. The molecule has 2 aliphatic rings. The summed E-state index contributed by atoms with van der Waals surface area (Å²) in [6.07, 6.45) is 2.67. The minimum absolute atomic E-state index is 0.188. The van der Waals surface area contributed by atoms with Crippen LogP contribution < -0.4 is 0 Å². The van der Waals surface area contributed by atoms with Crippen molar-refractivity contribution in [1.82, 2.24) is 0 Å². The summed E-state index contributed by atoms with van der Waals surface area (Å²) in [6, 6.07) is 0. The zero-order chi connectivity index (χ0) is 20.2. The molecular weight excluding hydrogens is 356 g/mol. The molecule has 0 aliphatic carbocycles. The summed E-state index contributed by atoms with van der Waals surface area (Å²) in [6.45, 7) is 8.17. The average molecular weight is 382 g/mol. The van der Waals surface area contributed by atoms with Gasteiger partial charge in [0.2, 0.25) is 0 Å². The Bertz CT molecular complexity index is 648. The molecule has 0 aromatic carbocycles. The first kappa shape index (κ1) is 21.0. The molecule has 0 aromatic heterocycles. The van der Waals surface area contributed by atoms with E-state index in [2.05, 4.69) is 0 Å². The molecule has 0 saturated heterocycles. The van der Waals surface area contributed by atoms with Crippen molar-refractivity contribution in [2.24, 2.45) is 5.41 Å². The highest BCUT2D eigenvalue weighted by Gasteiger charge is 2.41. The molecule has 2 heterocycles. The second kappa shape index (κ2) is 8.56. The highest BCUT2D eigenvalue weighted by molar-refractivity contribution is 5.67. The van der Waals surface area contributed by atoms with Gasteiger partial charge in [0, 0.05) is 26.2 Å². The molecule has 8 heteroatoms. The van der Waals surface area contributed by atoms with Crippen LogP contribution in [0.2, 0.25) is 0 Å². The fourth-order valence-corrected chi connectivity index (χ4v) is 2.71. The molecule has 8 nitrogen and oxygen atoms in total. The van der Waals surface area contributed by atoms with Crippen LogP contribution in [0.5, 0.6) is 0 Å². The third kappa shape index (κ3) is 6.09. The van der Waals surface area contributed by atoms with Crippen LogP contribution in [0.25, 0.3) is 0 Å². The Labute approximate surface area is 158 Å². The average Bonchev–Trinajstić information content (AvgIpc) is 2.55. The fourth-order valence-electron chi connectivity index (χ4n) is 2.71. The fraction of sp³-hybridized carbons (Fsp3) is 0.632. The van der Waals surface area contributed by atoms with Crippen LogP contribution in [0.1, 0.15) is 34.6 Å². The van der Waals surface area contributed by atoms with Crippen LogP contribution in [0.15, 0.2) is 24.0 Å². The predicted molar refractivity (Wildman–Crippen MR) is 93.4 cm³/mol. The quantitative estimate of drug-likeness (QED) is 0.373. The van der Waals surface area contributed by atoms with Crippen LogP contribution in [0.3, 0.4) is 0 Å². The lowest BCUT2D eigenvalue weighted by molar-refractivity contribution is -0.168. The van der Waals surface area contributed by atoms with Gasteiger partial charge in [-0.3, -0.25) is 14.4 Å². The normalized spacial score (nSPS) is 26.6. The van der Waals surface area contributed by atoms with Crippen molar-refractivity contribution in [3.63, 3.8) is 0 Å². The van der Waals surface area contributed by atoms with Crippen molar-refractivity contribution >= 4 is 17.9 Å². The van der Waals surface area contributed by atoms with E-state index in [1.165, 1.54) is 20.8 Å². The molecule has 0 unspecified atom stereocenters. The molecule has 2 rings (SSSR count). The van der Waals surface area contributed by atoms with E-state index in [1.807, 2.05) is 13.8 Å². The van der Waals surface area contributed by atoms with Gasteiger partial charge in [-0.05, 0) is 12.2 Å². The zero-order valence-corrected chi connectivity index (χ0v) is 16.2. The SMILES string of the molecule is CC(=O)OCC(C)(C)COC1=C[C@H]2O[C@H](C=C[C@H]2OC(C)=O)[C@H]1OC(C)=O. The molecule has 2 aliphatic heterocycles. The number of carbonyl (C=O) groups is 3. The molecule has 4 atom stereocenters. The van der Waals surface area contributed by atoms with Crippen molar-refractivity contribution in [3.05, 3.63) is 24.0 Å². The van der Waals surface area contributed by atoms with Gasteiger partial charge >= 0.3 is 17.9 Å². The maximum atomic E-state index is 11.5. The van der Waals surface area contributed by atoms with E-state index >= 15 is 0 Å². The smallest absolute Gasteiger partial charge is 0.303 e. The summed E-state index contributed by atoms with van der Waals surface area (Å²) >= 11 is 0. The van der Waals surface area contributed by atoms with Crippen LogP contribution in [0, 0.1) is 5.41 Å². The summed E-state index contributed by atoms with van der Waals surface area (Å²) in [5.74, 6) is -0.836. The first-order valence-corrected chi connectivity index (χ1v) is 8.73. The molecule has 0 saturated carbocycles. The third-order valence-electron chi connectivity index (χ3n) is 3.93. The second-order valence-electron chi connectivity index (χ2n) is 7.36. The Morgan fingerprint density at radius 2 is 1.63 bits per heavy atom. The Hall–Kier alpha value is -2.35. The highest BCUT2D eigenvalue weighted by atomic mass is 16.6. The molecule has 0 N–H and O–H groups in total. The van der Waals surface area contributed by atoms with Crippen molar-refractivity contribution in [2.45, 2.75) is 59.0 Å².